The Morgan fingerprint density at radius 3 is 2.19 bits per heavy atom. The number of ether oxygens (including phenoxy) is 1. The van der Waals surface area contributed by atoms with Gasteiger partial charge in [-0.05, 0) is 52.1 Å². The van der Waals surface area contributed by atoms with E-state index < -0.39 is 0 Å². The summed E-state index contributed by atoms with van der Waals surface area (Å²) >= 11 is 0. The van der Waals surface area contributed by atoms with Crippen LogP contribution in [-0.4, -0.2) is 31.8 Å². The predicted octanol–water partition coefficient (Wildman–Crippen LogP) is 7.52. The fraction of sp³-hybridized carbons (Fsp3) is 0.258. The number of hydrogen-bond donors (Lipinski definition) is 2. The van der Waals surface area contributed by atoms with E-state index in [2.05, 4.69) is 49.2 Å². The van der Waals surface area contributed by atoms with Gasteiger partial charge in [0.15, 0.2) is 11.6 Å². The topological polar surface area (TPSA) is 88.4 Å². The molecule has 0 fully saturated rings. The maximum absolute atomic E-state index is 10.6. The molecule has 0 spiro atoms. The van der Waals surface area contributed by atoms with Gasteiger partial charge in [0.25, 0.3) is 0 Å². The van der Waals surface area contributed by atoms with Crippen molar-refractivity contribution in [2.45, 2.75) is 39.5 Å². The summed E-state index contributed by atoms with van der Waals surface area (Å²) in [5.74, 6) is 1.02. The van der Waals surface area contributed by atoms with Crippen molar-refractivity contribution in [2.75, 3.05) is 6.61 Å². The molecule has 0 saturated carbocycles. The van der Waals surface area contributed by atoms with Crippen molar-refractivity contribution in [1.29, 1.82) is 0 Å². The Kier molecular flexibility index (Phi) is 7.17. The van der Waals surface area contributed by atoms with Gasteiger partial charge in [0.1, 0.15) is 11.5 Å². The zero-order valence-electron chi connectivity index (χ0n) is 21.2. The lowest BCUT2D eigenvalue weighted by atomic mass is 9.97. The summed E-state index contributed by atoms with van der Waals surface area (Å²) in [6.07, 6.45) is 4.40. The molecule has 5 rings (SSSR count). The number of unbranched alkanes of at least 4 members (excludes halogenated alkanes) is 1. The largest absolute Gasteiger partial charge is 0.508 e. The van der Waals surface area contributed by atoms with Crippen molar-refractivity contribution in [3.8, 4) is 40.3 Å². The van der Waals surface area contributed by atoms with Crippen LogP contribution in [-0.2, 0) is 0 Å². The third kappa shape index (κ3) is 5.19. The summed E-state index contributed by atoms with van der Waals surface area (Å²) in [5, 5.41) is 24.7. The van der Waals surface area contributed by atoms with Crippen LogP contribution in [0.1, 0.15) is 39.5 Å². The van der Waals surface area contributed by atoms with Gasteiger partial charge in [-0.15, -0.1) is 0 Å². The normalized spacial score (nSPS) is 12.2. The molecule has 1 unspecified atom stereocenters. The van der Waals surface area contributed by atoms with E-state index in [0.29, 0.717) is 23.9 Å². The molecule has 2 N–H and O–H groups in total. The molecule has 5 aromatic rings. The van der Waals surface area contributed by atoms with Gasteiger partial charge in [-0.25, -0.2) is 4.98 Å². The Morgan fingerprint density at radius 1 is 0.757 bits per heavy atom. The number of benzene rings is 4. The van der Waals surface area contributed by atoms with Crippen LogP contribution >= 0.6 is 0 Å². The van der Waals surface area contributed by atoms with E-state index >= 15 is 0 Å². The Labute approximate surface area is 216 Å². The van der Waals surface area contributed by atoms with Crippen molar-refractivity contribution in [2.24, 2.45) is 5.92 Å². The predicted molar refractivity (Wildman–Crippen MR) is 148 cm³/mol. The number of phenolic OH excluding ortho intramolecular Hbond substituents is 2. The lowest BCUT2D eigenvalue weighted by Crippen LogP contribution is -2.13. The molecule has 1 aromatic heterocycles. The molecule has 1 atom stereocenters. The van der Waals surface area contributed by atoms with Crippen LogP contribution in [0.15, 0.2) is 72.8 Å². The standard InChI is InChI=1S/C31H31N3O3/c1-3-5-10-20(4-2)19-37-31-33-29(26-16-15-22(35)18-28(26)36)32-30(34-31)27-17-21-11-6-7-12-23(21)24-13-8-9-14-25(24)27/h6-9,11-18,20,35-36H,3-5,10,19H2,1-2H3. The van der Waals surface area contributed by atoms with Crippen molar-refractivity contribution in [1.82, 2.24) is 15.0 Å². The maximum Gasteiger partial charge on any atom is 0.320 e. The first-order valence-electron chi connectivity index (χ1n) is 12.9. The smallest absolute Gasteiger partial charge is 0.320 e. The number of rotatable bonds is 9. The van der Waals surface area contributed by atoms with Gasteiger partial charge in [-0.1, -0.05) is 81.6 Å². The molecule has 6 nitrogen and oxygen atoms in total. The van der Waals surface area contributed by atoms with Crippen molar-refractivity contribution < 1.29 is 14.9 Å². The first kappa shape index (κ1) is 24.5. The van der Waals surface area contributed by atoms with Crippen LogP contribution in [0.3, 0.4) is 0 Å². The molecule has 4 aromatic carbocycles. The molecular formula is C31H31N3O3. The second kappa shape index (κ2) is 10.8. The minimum absolute atomic E-state index is 0.0331. The summed E-state index contributed by atoms with van der Waals surface area (Å²) in [4.78, 5) is 14.1. The molecule has 0 saturated heterocycles. The van der Waals surface area contributed by atoms with E-state index in [1.165, 1.54) is 12.1 Å². The average Bonchev–Trinajstić information content (AvgIpc) is 2.92. The van der Waals surface area contributed by atoms with Gasteiger partial charge in [-0.2, -0.15) is 9.97 Å². The average molecular weight is 494 g/mol. The van der Waals surface area contributed by atoms with E-state index in [4.69, 9.17) is 14.7 Å². The van der Waals surface area contributed by atoms with Gasteiger partial charge in [0, 0.05) is 11.6 Å². The Balaban J connectivity index is 1.66. The van der Waals surface area contributed by atoms with Crippen LogP contribution in [0.25, 0.3) is 44.3 Å². The van der Waals surface area contributed by atoms with Crippen LogP contribution in [0.5, 0.6) is 17.5 Å². The van der Waals surface area contributed by atoms with Gasteiger partial charge in [0.2, 0.25) is 0 Å². The lowest BCUT2D eigenvalue weighted by molar-refractivity contribution is 0.217. The molecule has 0 aliphatic heterocycles. The zero-order valence-corrected chi connectivity index (χ0v) is 21.2. The van der Waals surface area contributed by atoms with Crippen LogP contribution in [0.2, 0.25) is 0 Å². The summed E-state index contributed by atoms with van der Waals surface area (Å²) < 4.78 is 6.15. The van der Waals surface area contributed by atoms with E-state index in [-0.39, 0.29) is 23.3 Å². The molecule has 6 heteroatoms. The number of phenols is 2. The first-order chi connectivity index (χ1) is 18.1. The van der Waals surface area contributed by atoms with Gasteiger partial charge in [-0.3, -0.25) is 0 Å². The number of fused-ring (bicyclic) bond motifs is 3. The van der Waals surface area contributed by atoms with Gasteiger partial charge >= 0.3 is 6.01 Å². The van der Waals surface area contributed by atoms with Crippen LogP contribution in [0.4, 0.5) is 0 Å². The molecule has 0 amide bonds. The van der Waals surface area contributed by atoms with E-state index in [0.717, 1.165) is 52.8 Å². The summed E-state index contributed by atoms with van der Waals surface area (Å²) in [6, 6.07) is 23.2. The Hall–Kier alpha value is -4.19. The third-order valence-electron chi connectivity index (χ3n) is 6.84. The molecule has 0 radical (unpaired) electrons. The molecule has 188 valence electrons. The summed E-state index contributed by atoms with van der Waals surface area (Å²) in [5.41, 5.74) is 1.26. The summed E-state index contributed by atoms with van der Waals surface area (Å²) in [7, 11) is 0. The molecule has 37 heavy (non-hydrogen) atoms. The quantitative estimate of drug-likeness (QED) is 0.206. The van der Waals surface area contributed by atoms with Crippen molar-refractivity contribution in [3.05, 3.63) is 72.8 Å². The maximum atomic E-state index is 10.6. The SMILES string of the molecule is CCCCC(CC)COc1nc(-c2ccc(O)cc2O)nc(-c2cc3ccccc3c3ccccc23)n1. The molecule has 0 bridgehead atoms. The van der Waals surface area contributed by atoms with E-state index in [1.54, 1.807) is 6.07 Å². The number of aromatic nitrogens is 3. The number of hydrogen-bond acceptors (Lipinski definition) is 6. The fourth-order valence-electron chi connectivity index (χ4n) is 4.70. The molecule has 1 heterocycles. The highest BCUT2D eigenvalue weighted by Gasteiger charge is 2.18. The Morgan fingerprint density at radius 2 is 1.46 bits per heavy atom. The van der Waals surface area contributed by atoms with E-state index in [1.807, 2.05) is 24.3 Å². The summed E-state index contributed by atoms with van der Waals surface area (Å²) in [6.45, 7) is 4.87. The highest BCUT2D eigenvalue weighted by Crippen LogP contribution is 2.36. The van der Waals surface area contributed by atoms with E-state index in [9.17, 15) is 10.2 Å². The molecule has 0 aliphatic rings. The highest BCUT2D eigenvalue weighted by molar-refractivity contribution is 6.13. The van der Waals surface area contributed by atoms with Gasteiger partial charge in [0.05, 0.1) is 12.2 Å². The minimum atomic E-state index is -0.110. The third-order valence-corrected chi connectivity index (χ3v) is 6.84. The lowest BCUT2D eigenvalue weighted by Gasteiger charge is -2.16. The minimum Gasteiger partial charge on any atom is -0.508 e. The highest BCUT2D eigenvalue weighted by atomic mass is 16.5. The number of aromatic hydroxyl groups is 2. The second-order valence-electron chi connectivity index (χ2n) is 9.39. The van der Waals surface area contributed by atoms with Gasteiger partial charge < -0.3 is 14.9 Å². The number of nitrogens with zero attached hydrogens (tertiary/aromatic N) is 3. The second-order valence-corrected chi connectivity index (χ2v) is 9.39. The zero-order chi connectivity index (χ0) is 25.8. The first-order valence-corrected chi connectivity index (χ1v) is 12.9. The fourth-order valence-corrected chi connectivity index (χ4v) is 4.70. The monoisotopic (exact) mass is 493 g/mol. The van der Waals surface area contributed by atoms with Crippen molar-refractivity contribution >= 4 is 21.5 Å². The molecule has 0 aliphatic carbocycles. The van der Waals surface area contributed by atoms with Crippen LogP contribution < -0.4 is 4.74 Å². The Bertz CT molecular complexity index is 1550. The van der Waals surface area contributed by atoms with Crippen molar-refractivity contribution in [3.63, 3.8) is 0 Å². The van der Waals surface area contributed by atoms with Crippen LogP contribution in [0, 0.1) is 5.92 Å². The molecular weight excluding hydrogens is 462 g/mol.